The molecule has 30 heavy (non-hydrogen) atoms. The number of nitrogens with zero attached hydrogens (tertiary/aromatic N) is 1. The fourth-order valence-electron chi connectivity index (χ4n) is 3.18. The molecule has 0 bridgehead atoms. The highest BCUT2D eigenvalue weighted by molar-refractivity contribution is 6.30. The van der Waals surface area contributed by atoms with Crippen LogP contribution >= 0.6 is 23.2 Å². The minimum Gasteiger partial charge on any atom is -0.374 e. The number of carbonyl (C=O) groups excluding carboxylic acids is 2. The fourth-order valence-corrected chi connectivity index (χ4v) is 3.69. The van der Waals surface area contributed by atoms with Crippen molar-refractivity contribution < 1.29 is 14.3 Å². The van der Waals surface area contributed by atoms with E-state index in [9.17, 15) is 9.59 Å². The van der Waals surface area contributed by atoms with E-state index in [-0.39, 0.29) is 17.6 Å². The van der Waals surface area contributed by atoms with Crippen molar-refractivity contribution in [2.45, 2.75) is 18.1 Å². The summed E-state index contributed by atoms with van der Waals surface area (Å²) in [6.07, 6.45) is -0.167. The number of carbonyl (C=O) groups is 2. The van der Waals surface area contributed by atoms with Crippen molar-refractivity contribution in [3.63, 3.8) is 0 Å². The maximum Gasteiger partial charge on any atom is 0.315 e. The Labute approximate surface area is 185 Å². The van der Waals surface area contributed by atoms with E-state index in [1.807, 2.05) is 24.3 Å². The molecule has 1 aliphatic rings. The summed E-state index contributed by atoms with van der Waals surface area (Å²) in [5.74, 6) is -0.483. The van der Waals surface area contributed by atoms with Crippen molar-refractivity contribution in [2.75, 3.05) is 26.2 Å². The molecule has 4 N–H and O–H groups in total. The summed E-state index contributed by atoms with van der Waals surface area (Å²) in [5, 5.41) is 6.24. The van der Waals surface area contributed by atoms with Gasteiger partial charge < -0.3 is 21.1 Å². The predicted molar refractivity (Wildman–Crippen MR) is 117 cm³/mol. The topological polar surface area (TPSA) is 96.7 Å². The molecular weight excluding hydrogens is 427 g/mol. The number of alkyl halides is 1. The first kappa shape index (κ1) is 22.4. The van der Waals surface area contributed by atoms with E-state index in [1.165, 1.54) is 0 Å². The van der Waals surface area contributed by atoms with Crippen molar-refractivity contribution in [2.24, 2.45) is 5.73 Å². The Balaban J connectivity index is 1.43. The SMILES string of the molecule is NC(=O)c1ccc(CNC(=O)NC[C@@H]2CN(C(Cl)c3cccc(Cl)c3)CCO2)cc1. The van der Waals surface area contributed by atoms with Gasteiger partial charge in [0.1, 0.15) is 5.50 Å². The molecule has 0 radical (unpaired) electrons. The second-order valence-corrected chi connectivity index (χ2v) is 7.85. The van der Waals surface area contributed by atoms with Gasteiger partial charge >= 0.3 is 6.03 Å². The molecule has 1 heterocycles. The Kier molecular flexibility index (Phi) is 7.93. The van der Waals surface area contributed by atoms with Gasteiger partial charge in [-0.2, -0.15) is 0 Å². The second-order valence-electron chi connectivity index (χ2n) is 7.00. The van der Waals surface area contributed by atoms with Crippen molar-refractivity contribution >= 4 is 35.1 Å². The number of hydrogen-bond donors (Lipinski definition) is 3. The summed E-state index contributed by atoms with van der Waals surface area (Å²) in [5.41, 5.74) is 7.12. The van der Waals surface area contributed by atoms with E-state index in [1.54, 1.807) is 24.3 Å². The van der Waals surface area contributed by atoms with Crippen LogP contribution in [0.1, 0.15) is 27.0 Å². The van der Waals surface area contributed by atoms with Crippen LogP contribution in [0.15, 0.2) is 48.5 Å². The molecule has 1 unspecified atom stereocenters. The maximum atomic E-state index is 12.1. The third-order valence-electron chi connectivity index (χ3n) is 4.80. The predicted octanol–water partition coefficient (Wildman–Crippen LogP) is 2.88. The lowest BCUT2D eigenvalue weighted by Crippen LogP contribution is -2.49. The highest BCUT2D eigenvalue weighted by Crippen LogP contribution is 2.28. The highest BCUT2D eigenvalue weighted by Gasteiger charge is 2.26. The minimum atomic E-state index is -0.483. The number of primary amides is 1. The fraction of sp³-hybridized carbons (Fsp3) is 0.333. The van der Waals surface area contributed by atoms with Crippen molar-refractivity contribution in [1.82, 2.24) is 15.5 Å². The van der Waals surface area contributed by atoms with Crippen LogP contribution in [0.25, 0.3) is 0 Å². The molecule has 2 aromatic carbocycles. The normalized spacial score (nSPS) is 17.9. The van der Waals surface area contributed by atoms with Gasteiger partial charge in [0, 0.05) is 36.8 Å². The molecule has 9 heteroatoms. The number of hydrogen-bond acceptors (Lipinski definition) is 4. The van der Waals surface area contributed by atoms with Gasteiger partial charge in [-0.15, -0.1) is 11.6 Å². The average molecular weight is 451 g/mol. The molecule has 7 nitrogen and oxygen atoms in total. The van der Waals surface area contributed by atoms with E-state index >= 15 is 0 Å². The molecule has 3 rings (SSSR count). The molecule has 160 valence electrons. The van der Waals surface area contributed by atoms with Gasteiger partial charge in [-0.25, -0.2) is 4.79 Å². The first-order valence-corrected chi connectivity index (χ1v) is 10.4. The highest BCUT2D eigenvalue weighted by atomic mass is 35.5. The van der Waals surface area contributed by atoms with Gasteiger partial charge in [-0.3, -0.25) is 9.69 Å². The Hall–Kier alpha value is -2.32. The summed E-state index contributed by atoms with van der Waals surface area (Å²) < 4.78 is 5.75. The van der Waals surface area contributed by atoms with E-state index in [2.05, 4.69) is 15.5 Å². The molecule has 0 aromatic heterocycles. The summed E-state index contributed by atoms with van der Waals surface area (Å²) in [7, 11) is 0. The monoisotopic (exact) mass is 450 g/mol. The van der Waals surface area contributed by atoms with E-state index in [4.69, 9.17) is 33.7 Å². The molecule has 2 aromatic rings. The molecule has 2 atom stereocenters. The summed E-state index contributed by atoms with van der Waals surface area (Å²) in [6.45, 7) is 2.52. The Bertz CT molecular complexity index is 879. The molecule has 0 saturated carbocycles. The van der Waals surface area contributed by atoms with Gasteiger partial charge in [0.15, 0.2) is 0 Å². The zero-order valence-electron chi connectivity index (χ0n) is 16.3. The van der Waals surface area contributed by atoms with Crippen LogP contribution in [-0.4, -0.2) is 49.2 Å². The van der Waals surface area contributed by atoms with Gasteiger partial charge in [0.05, 0.1) is 12.7 Å². The zero-order chi connectivity index (χ0) is 21.5. The molecule has 3 amide bonds. The van der Waals surface area contributed by atoms with Crippen LogP contribution in [0.3, 0.4) is 0 Å². The van der Waals surface area contributed by atoms with Gasteiger partial charge in [0.2, 0.25) is 5.91 Å². The summed E-state index contributed by atoms with van der Waals surface area (Å²) >= 11 is 12.7. The number of halogens is 2. The van der Waals surface area contributed by atoms with E-state index in [0.717, 1.165) is 11.1 Å². The lowest BCUT2D eigenvalue weighted by Gasteiger charge is -2.36. The molecular formula is C21H24Cl2N4O3. The summed E-state index contributed by atoms with van der Waals surface area (Å²) in [4.78, 5) is 25.3. The van der Waals surface area contributed by atoms with Gasteiger partial charge in [-0.1, -0.05) is 35.9 Å². The Morgan fingerprint density at radius 3 is 2.67 bits per heavy atom. The van der Waals surface area contributed by atoms with Crippen molar-refractivity contribution in [1.29, 1.82) is 0 Å². The third-order valence-corrected chi connectivity index (χ3v) is 5.56. The lowest BCUT2D eigenvalue weighted by molar-refractivity contribution is -0.0309. The summed E-state index contributed by atoms with van der Waals surface area (Å²) in [6, 6.07) is 13.9. The van der Waals surface area contributed by atoms with Crippen LogP contribution < -0.4 is 16.4 Å². The Morgan fingerprint density at radius 2 is 1.97 bits per heavy atom. The van der Waals surface area contributed by atoms with Crippen LogP contribution in [0.2, 0.25) is 5.02 Å². The van der Waals surface area contributed by atoms with Gasteiger partial charge in [-0.05, 0) is 35.4 Å². The van der Waals surface area contributed by atoms with Crippen LogP contribution in [-0.2, 0) is 11.3 Å². The number of urea groups is 1. The first-order chi connectivity index (χ1) is 14.4. The minimum absolute atomic E-state index is 0.167. The smallest absolute Gasteiger partial charge is 0.315 e. The molecule has 0 spiro atoms. The zero-order valence-corrected chi connectivity index (χ0v) is 17.8. The Morgan fingerprint density at radius 1 is 1.20 bits per heavy atom. The molecule has 1 fully saturated rings. The maximum absolute atomic E-state index is 12.1. The number of benzene rings is 2. The molecule has 0 aliphatic carbocycles. The largest absolute Gasteiger partial charge is 0.374 e. The number of nitrogens with two attached hydrogens (primary N) is 1. The molecule has 1 saturated heterocycles. The number of morpholine rings is 1. The average Bonchev–Trinajstić information content (AvgIpc) is 2.76. The van der Waals surface area contributed by atoms with Crippen molar-refractivity contribution in [3.8, 4) is 0 Å². The number of nitrogens with one attached hydrogen (secondary N) is 2. The van der Waals surface area contributed by atoms with Crippen LogP contribution in [0.5, 0.6) is 0 Å². The molecule has 1 aliphatic heterocycles. The number of ether oxygens (including phenoxy) is 1. The first-order valence-electron chi connectivity index (χ1n) is 9.58. The van der Waals surface area contributed by atoms with Gasteiger partial charge in [0.25, 0.3) is 0 Å². The lowest BCUT2D eigenvalue weighted by atomic mass is 10.1. The van der Waals surface area contributed by atoms with E-state index < -0.39 is 5.91 Å². The van der Waals surface area contributed by atoms with Crippen LogP contribution in [0.4, 0.5) is 4.79 Å². The second kappa shape index (κ2) is 10.6. The van der Waals surface area contributed by atoms with Crippen molar-refractivity contribution in [3.05, 3.63) is 70.2 Å². The number of amides is 3. The van der Waals surface area contributed by atoms with E-state index in [0.29, 0.717) is 43.4 Å². The number of rotatable bonds is 7. The quantitative estimate of drug-likeness (QED) is 0.446. The third kappa shape index (κ3) is 6.34. The van der Waals surface area contributed by atoms with Crippen LogP contribution in [0, 0.1) is 0 Å². The standard InChI is InChI=1S/C21H24Cl2N4O3/c22-17-3-1-2-16(10-17)19(23)27-8-9-30-18(13-27)12-26-21(29)25-11-14-4-6-15(7-5-14)20(24)28/h1-7,10,18-19H,8-9,11-13H2,(H2,24,28)(H2,25,26,29)/t18-,19?/m1/s1.